The first-order valence-corrected chi connectivity index (χ1v) is 10.5. The van der Waals surface area contributed by atoms with Gasteiger partial charge in [-0.05, 0) is 43.7 Å². The van der Waals surface area contributed by atoms with Crippen LogP contribution < -0.4 is 10.1 Å². The molecule has 0 unspecified atom stereocenters. The zero-order valence-electron chi connectivity index (χ0n) is 17.4. The zero-order chi connectivity index (χ0) is 19.0. The van der Waals surface area contributed by atoms with Crippen LogP contribution in [0.3, 0.4) is 0 Å². The number of hydrogen-bond donors (Lipinski definition) is 1. The van der Waals surface area contributed by atoms with Crippen LogP contribution in [0.15, 0.2) is 35.3 Å². The van der Waals surface area contributed by atoms with E-state index in [0.29, 0.717) is 11.5 Å². The van der Waals surface area contributed by atoms with Crippen molar-refractivity contribution in [2.24, 2.45) is 10.4 Å². The van der Waals surface area contributed by atoms with Gasteiger partial charge < -0.3 is 19.7 Å². The number of benzene rings is 1. The van der Waals surface area contributed by atoms with E-state index in [2.05, 4.69) is 17.1 Å². The van der Waals surface area contributed by atoms with Gasteiger partial charge in [0.25, 0.3) is 0 Å². The van der Waals surface area contributed by atoms with Crippen molar-refractivity contribution in [2.45, 2.75) is 51.6 Å². The molecule has 158 valence electrons. The van der Waals surface area contributed by atoms with Crippen LogP contribution >= 0.6 is 24.0 Å². The van der Waals surface area contributed by atoms with Gasteiger partial charge >= 0.3 is 0 Å². The summed E-state index contributed by atoms with van der Waals surface area (Å²) in [6.45, 7) is 6.80. The van der Waals surface area contributed by atoms with Crippen molar-refractivity contribution >= 4 is 29.9 Å². The Hall–Kier alpha value is -1.02. The minimum absolute atomic E-state index is 0. The molecule has 28 heavy (non-hydrogen) atoms. The topological polar surface area (TPSA) is 46.1 Å². The third-order valence-electron chi connectivity index (χ3n) is 5.94. The van der Waals surface area contributed by atoms with Crippen LogP contribution in [-0.4, -0.2) is 56.9 Å². The Morgan fingerprint density at radius 2 is 1.93 bits per heavy atom. The number of methoxy groups -OCH3 is 1. The summed E-state index contributed by atoms with van der Waals surface area (Å²) >= 11 is 0. The Kier molecular flexibility index (Phi) is 9.85. The molecule has 2 aliphatic rings. The number of para-hydroxylation sites is 1. The van der Waals surface area contributed by atoms with Crippen LogP contribution in [0, 0.1) is 5.41 Å². The summed E-state index contributed by atoms with van der Waals surface area (Å²) in [6, 6.07) is 10.2. The number of likely N-dealkylation sites (tertiary alicyclic amines) is 1. The highest BCUT2D eigenvalue weighted by Gasteiger charge is 2.36. The summed E-state index contributed by atoms with van der Waals surface area (Å²) < 4.78 is 11.4. The molecule has 2 fully saturated rings. The lowest BCUT2D eigenvalue weighted by Crippen LogP contribution is -2.48. The average Bonchev–Trinajstić information content (AvgIpc) is 2.67. The maximum Gasteiger partial charge on any atom is 0.193 e. The third-order valence-corrected chi connectivity index (χ3v) is 5.94. The number of aliphatic imine (C=N–C) groups is 1. The number of hydrogen-bond acceptors (Lipinski definition) is 3. The second kappa shape index (κ2) is 11.9. The average molecular weight is 501 g/mol. The smallest absolute Gasteiger partial charge is 0.193 e. The molecule has 1 aliphatic carbocycles. The number of nitrogens with zero attached hydrogens (tertiary/aromatic N) is 2. The molecule has 1 heterocycles. The first kappa shape index (κ1) is 23.3. The lowest BCUT2D eigenvalue weighted by atomic mass is 9.67. The van der Waals surface area contributed by atoms with Crippen molar-refractivity contribution in [3.05, 3.63) is 30.3 Å². The minimum Gasteiger partial charge on any atom is -0.490 e. The van der Waals surface area contributed by atoms with Crippen LogP contribution in [0.2, 0.25) is 0 Å². The number of halogens is 1. The third kappa shape index (κ3) is 6.51. The fourth-order valence-electron chi connectivity index (χ4n) is 4.03. The van der Waals surface area contributed by atoms with Crippen molar-refractivity contribution in [1.82, 2.24) is 10.2 Å². The van der Waals surface area contributed by atoms with E-state index >= 15 is 0 Å². The molecule has 1 saturated heterocycles. The van der Waals surface area contributed by atoms with Gasteiger partial charge in [0.1, 0.15) is 11.9 Å². The molecule has 5 nitrogen and oxygen atoms in total. The number of ether oxygens (including phenoxy) is 2. The van der Waals surface area contributed by atoms with E-state index in [0.717, 1.165) is 63.8 Å². The van der Waals surface area contributed by atoms with Crippen molar-refractivity contribution in [3.8, 4) is 5.75 Å². The summed E-state index contributed by atoms with van der Waals surface area (Å²) in [5.41, 5.74) is 0.366. The maximum atomic E-state index is 6.13. The van der Waals surface area contributed by atoms with Crippen LogP contribution in [0.4, 0.5) is 0 Å². The SMILES string of the molecule is CCNC(=NCC1(CCOC)CCC1)N1CCC(Oc2ccccc2)CC1.I. The molecule has 1 saturated carbocycles. The van der Waals surface area contributed by atoms with E-state index in [9.17, 15) is 0 Å². The summed E-state index contributed by atoms with van der Waals surface area (Å²) in [7, 11) is 1.79. The van der Waals surface area contributed by atoms with Crippen LogP contribution in [0.5, 0.6) is 5.75 Å². The van der Waals surface area contributed by atoms with Crippen molar-refractivity contribution < 1.29 is 9.47 Å². The molecule has 0 amide bonds. The molecule has 0 atom stereocenters. The Labute approximate surface area is 187 Å². The Morgan fingerprint density at radius 3 is 2.50 bits per heavy atom. The summed E-state index contributed by atoms with van der Waals surface area (Å²) in [4.78, 5) is 7.43. The minimum atomic E-state index is 0. The molecule has 0 bridgehead atoms. The molecule has 1 N–H and O–H groups in total. The summed E-state index contributed by atoms with van der Waals surface area (Å²) in [5.74, 6) is 2.04. The van der Waals surface area contributed by atoms with Gasteiger partial charge in [0.15, 0.2) is 5.96 Å². The molecule has 0 aromatic heterocycles. The fourth-order valence-corrected chi connectivity index (χ4v) is 4.03. The fraction of sp³-hybridized carbons (Fsp3) is 0.682. The second-order valence-corrected chi connectivity index (χ2v) is 7.88. The van der Waals surface area contributed by atoms with Crippen molar-refractivity contribution in [2.75, 3.05) is 39.9 Å². The highest BCUT2D eigenvalue weighted by Crippen LogP contribution is 2.44. The number of nitrogens with one attached hydrogen (secondary N) is 1. The van der Waals surface area contributed by atoms with E-state index in [1.54, 1.807) is 7.11 Å². The van der Waals surface area contributed by atoms with Crippen molar-refractivity contribution in [1.29, 1.82) is 0 Å². The Balaban J connectivity index is 0.00000280. The highest BCUT2D eigenvalue weighted by atomic mass is 127. The highest BCUT2D eigenvalue weighted by molar-refractivity contribution is 14.0. The Bertz CT molecular complexity index is 585. The first-order valence-electron chi connectivity index (χ1n) is 10.5. The monoisotopic (exact) mass is 501 g/mol. The number of piperidine rings is 1. The number of rotatable bonds is 8. The van der Waals surface area contributed by atoms with Crippen LogP contribution in [-0.2, 0) is 4.74 Å². The van der Waals surface area contributed by atoms with Gasteiger partial charge in [0.2, 0.25) is 0 Å². The first-order chi connectivity index (χ1) is 13.2. The van der Waals surface area contributed by atoms with E-state index in [1.165, 1.54) is 19.3 Å². The predicted octanol–water partition coefficient (Wildman–Crippen LogP) is 4.32. The van der Waals surface area contributed by atoms with E-state index < -0.39 is 0 Å². The zero-order valence-corrected chi connectivity index (χ0v) is 19.7. The molecular formula is C22H36IN3O2. The van der Waals surface area contributed by atoms with Gasteiger partial charge in [0, 0.05) is 52.7 Å². The maximum absolute atomic E-state index is 6.13. The van der Waals surface area contributed by atoms with Gasteiger partial charge in [-0.1, -0.05) is 24.6 Å². The molecule has 1 aromatic carbocycles. The van der Waals surface area contributed by atoms with Crippen LogP contribution in [0.1, 0.15) is 45.4 Å². The quantitative estimate of drug-likeness (QED) is 0.328. The van der Waals surface area contributed by atoms with E-state index in [1.807, 2.05) is 30.3 Å². The van der Waals surface area contributed by atoms with E-state index in [-0.39, 0.29) is 24.0 Å². The molecule has 0 spiro atoms. The predicted molar refractivity (Wildman–Crippen MR) is 126 cm³/mol. The second-order valence-electron chi connectivity index (χ2n) is 7.88. The normalized spacial score (nSPS) is 19.5. The van der Waals surface area contributed by atoms with Gasteiger partial charge in [-0.25, -0.2) is 0 Å². The van der Waals surface area contributed by atoms with Gasteiger partial charge in [-0.3, -0.25) is 4.99 Å². The molecule has 1 aliphatic heterocycles. The van der Waals surface area contributed by atoms with Gasteiger partial charge in [-0.15, -0.1) is 24.0 Å². The number of guanidine groups is 1. The molecule has 6 heteroatoms. The van der Waals surface area contributed by atoms with Crippen molar-refractivity contribution in [3.63, 3.8) is 0 Å². The molecule has 3 rings (SSSR count). The Morgan fingerprint density at radius 1 is 1.21 bits per heavy atom. The standard InChI is InChI=1S/C22H35N3O2.HI/c1-3-23-21(24-18-22(12-7-13-22)14-17-26-2)25-15-10-20(11-16-25)27-19-8-5-4-6-9-19;/h4-6,8-9,20H,3,7,10-18H2,1-2H3,(H,23,24);1H. The van der Waals surface area contributed by atoms with Gasteiger partial charge in [0.05, 0.1) is 0 Å². The summed E-state index contributed by atoms with van der Waals surface area (Å²) in [6.07, 6.45) is 7.39. The van der Waals surface area contributed by atoms with Gasteiger partial charge in [-0.2, -0.15) is 0 Å². The molecule has 0 radical (unpaired) electrons. The largest absolute Gasteiger partial charge is 0.490 e. The molecule has 1 aromatic rings. The summed E-state index contributed by atoms with van der Waals surface area (Å²) in [5, 5.41) is 3.50. The molecular weight excluding hydrogens is 465 g/mol. The lowest BCUT2D eigenvalue weighted by Gasteiger charge is -2.41. The van der Waals surface area contributed by atoms with Crippen LogP contribution in [0.25, 0.3) is 0 Å². The lowest BCUT2D eigenvalue weighted by molar-refractivity contribution is 0.0772. The van der Waals surface area contributed by atoms with E-state index in [4.69, 9.17) is 14.5 Å².